The van der Waals surface area contributed by atoms with Crippen molar-refractivity contribution < 1.29 is 9.53 Å². The van der Waals surface area contributed by atoms with Crippen molar-refractivity contribution in [1.82, 2.24) is 5.32 Å². The Kier molecular flexibility index (Phi) is 2.65. The van der Waals surface area contributed by atoms with Gasteiger partial charge in [-0.05, 0) is 44.5 Å². The number of aryl methyl sites for hydroxylation is 1. The summed E-state index contributed by atoms with van der Waals surface area (Å²) < 4.78 is 5.20. The Labute approximate surface area is 101 Å². The zero-order valence-corrected chi connectivity index (χ0v) is 10.5. The topological polar surface area (TPSA) is 50.7 Å². The first-order valence-corrected chi connectivity index (χ1v) is 5.50. The van der Waals surface area contributed by atoms with Crippen molar-refractivity contribution in [2.45, 2.75) is 26.3 Å². The number of nitrogens with zero attached hydrogens (tertiary/aromatic N) is 1. The highest BCUT2D eigenvalue weighted by molar-refractivity contribution is 6.15. The molecule has 1 aromatic carbocycles. The number of amidine groups is 1. The summed E-state index contributed by atoms with van der Waals surface area (Å²) in [6.07, 6.45) is 0. The number of nitrogens with one attached hydrogen (secondary N) is 1. The van der Waals surface area contributed by atoms with Crippen LogP contribution in [-0.4, -0.2) is 24.4 Å². The molecule has 1 amide bonds. The lowest BCUT2D eigenvalue weighted by Gasteiger charge is -2.07. The van der Waals surface area contributed by atoms with Gasteiger partial charge in [0.1, 0.15) is 17.1 Å². The smallest absolute Gasteiger partial charge is 0.252 e. The molecule has 0 aliphatic carbocycles. The van der Waals surface area contributed by atoms with Crippen LogP contribution in [0, 0.1) is 6.92 Å². The van der Waals surface area contributed by atoms with E-state index in [2.05, 4.69) is 10.3 Å². The summed E-state index contributed by atoms with van der Waals surface area (Å²) in [6, 6.07) is 5.73. The van der Waals surface area contributed by atoms with Gasteiger partial charge in [-0.1, -0.05) is 0 Å². The first-order chi connectivity index (χ1) is 7.94. The van der Waals surface area contributed by atoms with E-state index in [1.54, 1.807) is 21.0 Å². The molecule has 0 saturated carbocycles. The van der Waals surface area contributed by atoms with Crippen molar-refractivity contribution in [3.63, 3.8) is 0 Å². The molecule has 1 N–H and O–H groups in total. The van der Waals surface area contributed by atoms with Crippen molar-refractivity contribution in [3.05, 3.63) is 29.3 Å². The third-order valence-electron chi connectivity index (χ3n) is 2.85. The third kappa shape index (κ3) is 2.02. The largest absolute Gasteiger partial charge is 0.496 e. The van der Waals surface area contributed by atoms with Crippen molar-refractivity contribution in [2.75, 3.05) is 7.11 Å². The van der Waals surface area contributed by atoms with Crippen LogP contribution in [-0.2, 0) is 4.79 Å². The minimum atomic E-state index is -0.677. The maximum absolute atomic E-state index is 11.6. The van der Waals surface area contributed by atoms with E-state index in [0.717, 1.165) is 16.9 Å². The van der Waals surface area contributed by atoms with E-state index in [4.69, 9.17) is 4.74 Å². The van der Waals surface area contributed by atoms with Crippen molar-refractivity contribution in [1.29, 1.82) is 0 Å². The van der Waals surface area contributed by atoms with E-state index in [1.807, 2.05) is 25.1 Å². The van der Waals surface area contributed by atoms with Crippen LogP contribution in [0.4, 0.5) is 0 Å². The van der Waals surface area contributed by atoms with Crippen molar-refractivity contribution in [2.24, 2.45) is 4.99 Å². The van der Waals surface area contributed by atoms with E-state index in [-0.39, 0.29) is 5.91 Å². The maximum atomic E-state index is 11.6. The standard InChI is InChI=1S/C13H16N2O2/c1-8-7-9(5-6-10(8)17-4)11-14-12(16)13(2,3)15-11/h5-7H,1-4H3,(H,14,15,16). The number of carbonyl (C=O) groups excluding carboxylic acids is 1. The number of hydrogen-bond donors (Lipinski definition) is 1. The fourth-order valence-electron chi connectivity index (χ4n) is 1.78. The minimum Gasteiger partial charge on any atom is -0.496 e. The van der Waals surface area contributed by atoms with E-state index in [0.29, 0.717) is 5.84 Å². The summed E-state index contributed by atoms with van der Waals surface area (Å²) in [4.78, 5) is 16.0. The van der Waals surface area contributed by atoms with Crippen LogP contribution >= 0.6 is 0 Å². The normalized spacial score (nSPS) is 17.6. The molecule has 2 rings (SSSR count). The Hall–Kier alpha value is -1.84. The maximum Gasteiger partial charge on any atom is 0.252 e. The molecule has 4 heteroatoms. The third-order valence-corrected chi connectivity index (χ3v) is 2.85. The fourth-order valence-corrected chi connectivity index (χ4v) is 1.78. The lowest BCUT2D eigenvalue weighted by Crippen LogP contribution is -2.34. The molecular formula is C13H16N2O2. The van der Waals surface area contributed by atoms with Crippen LogP contribution in [0.2, 0.25) is 0 Å². The number of amides is 1. The highest BCUT2D eigenvalue weighted by Gasteiger charge is 2.34. The molecule has 0 radical (unpaired) electrons. The van der Waals surface area contributed by atoms with Gasteiger partial charge in [-0.3, -0.25) is 9.79 Å². The average Bonchev–Trinajstić information content (AvgIpc) is 2.53. The SMILES string of the molecule is COc1ccc(C2=NC(C)(C)C(=O)N2)cc1C. The highest BCUT2D eigenvalue weighted by Crippen LogP contribution is 2.22. The van der Waals surface area contributed by atoms with Gasteiger partial charge in [-0.15, -0.1) is 0 Å². The number of rotatable bonds is 2. The van der Waals surface area contributed by atoms with Crippen LogP contribution < -0.4 is 10.1 Å². The summed E-state index contributed by atoms with van der Waals surface area (Å²) in [5.41, 5.74) is 1.25. The molecular weight excluding hydrogens is 216 g/mol. The molecule has 0 bridgehead atoms. The zero-order chi connectivity index (χ0) is 12.6. The van der Waals surface area contributed by atoms with Gasteiger partial charge in [-0.2, -0.15) is 0 Å². The first kappa shape index (κ1) is 11.6. The summed E-state index contributed by atoms with van der Waals surface area (Å²) in [5.74, 6) is 1.39. The lowest BCUT2D eigenvalue weighted by atomic mass is 10.1. The number of carbonyl (C=O) groups is 1. The Balaban J connectivity index is 2.37. The summed E-state index contributed by atoms with van der Waals surface area (Å²) in [6.45, 7) is 5.56. The van der Waals surface area contributed by atoms with Crippen LogP contribution in [0.5, 0.6) is 5.75 Å². The van der Waals surface area contributed by atoms with Crippen LogP contribution in [0.3, 0.4) is 0 Å². The van der Waals surface area contributed by atoms with E-state index in [1.165, 1.54) is 0 Å². The molecule has 1 aliphatic heterocycles. The van der Waals surface area contributed by atoms with E-state index in [9.17, 15) is 4.79 Å². The van der Waals surface area contributed by atoms with Crippen molar-refractivity contribution >= 4 is 11.7 Å². The Morgan fingerprint density at radius 1 is 1.35 bits per heavy atom. The van der Waals surface area contributed by atoms with Crippen LogP contribution in [0.15, 0.2) is 23.2 Å². The van der Waals surface area contributed by atoms with Gasteiger partial charge in [0.25, 0.3) is 5.91 Å². The molecule has 90 valence electrons. The van der Waals surface area contributed by atoms with Crippen LogP contribution in [0.25, 0.3) is 0 Å². The molecule has 1 heterocycles. The molecule has 4 nitrogen and oxygen atoms in total. The van der Waals surface area contributed by atoms with Gasteiger partial charge in [-0.25, -0.2) is 0 Å². The number of benzene rings is 1. The summed E-state index contributed by atoms with van der Waals surface area (Å²) in [5, 5.41) is 2.80. The van der Waals surface area contributed by atoms with Gasteiger partial charge < -0.3 is 10.1 Å². The highest BCUT2D eigenvalue weighted by atomic mass is 16.5. The molecule has 0 spiro atoms. The fraction of sp³-hybridized carbons (Fsp3) is 0.385. The monoisotopic (exact) mass is 232 g/mol. The van der Waals surface area contributed by atoms with Gasteiger partial charge in [0.05, 0.1) is 7.11 Å². The van der Waals surface area contributed by atoms with E-state index < -0.39 is 5.54 Å². The summed E-state index contributed by atoms with van der Waals surface area (Å²) in [7, 11) is 1.64. The van der Waals surface area contributed by atoms with Gasteiger partial charge in [0.15, 0.2) is 0 Å². The Morgan fingerprint density at radius 2 is 2.06 bits per heavy atom. The predicted molar refractivity (Wildman–Crippen MR) is 66.5 cm³/mol. The molecule has 1 aliphatic rings. The number of methoxy groups -OCH3 is 1. The Morgan fingerprint density at radius 3 is 2.53 bits per heavy atom. The molecule has 0 saturated heterocycles. The average molecular weight is 232 g/mol. The molecule has 0 unspecified atom stereocenters. The van der Waals surface area contributed by atoms with E-state index >= 15 is 0 Å². The number of aliphatic imine (C=N–C) groups is 1. The number of hydrogen-bond acceptors (Lipinski definition) is 3. The minimum absolute atomic E-state index is 0.0685. The summed E-state index contributed by atoms with van der Waals surface area (Å²) >= 11 is 0. The molecule has 17 heavy (non-hydrogen) atoms. The second-order valence-electron chi connectivity index (χ2n) is 4.66. The lowest BCUT2D eigenvalue weighted by molar-refractivity contribution is -0.122. The number of ether oxygens (including phenoxy) is 1. The Bertz CT molecular complexity index is 504. The molecule has 0 aromatic heterocycles. The van der Waals surface area contributed by atoms with Crippen LogP contribution in [0.1, 0.15) is 25.0 Å². The quantitative estimate of drug-likeness (QED) is 0.843. The second kappa shape index (κ2) is 3.87. The predicted octanol–water partition coefficient (Wildman–Crippen LogP) is 1.66. The first-order valence-electron chi connectivity index (χ1n) is 5.50. The molecule has 0 atom stereocenters. The van der Waals surface area contributed by atoms with Gasteiger partial charge in [0.2, 0.25) is 0 Å². The zero-order valence-electron chi connectivity index (χ0n) is 10.5. The van der Waals surface area contributed by atoms with Crippen molar-refractivity contribution in [3.8, 4) is 5.75 Å². The molecule has 1 aromatic rings. The second-order valence-corrected chi connectivity index (χ2v) is 4.66. The molecule has 0 fully saturated rings. The van der Waals surface area contributed by atoms with Gasteiger partial charge in [0, 0.05) is 5.56 Å². The van der Waals surface area contributed by atoms with Gasteiger partial charge >= 0.3 is 0 Å².